The number of hydrogen-bond donors (Lipinski definition) is 3. The highest BCUT2D eigenvalue weighted by molar-refractivity contribution is 6.08. The minimum absolute atomic E-state index is 0.211. The highest BCUT2D eigenvalue weighted by Crippen LogP contribution is 2.33. The molecule has 0 fully saturated rings. The van der Waals surface area contributed by atoms with Crippen molar-refractivity contribution in [1.29, 1.82) is 0 Å². The van der Waals surface area contributed by atoms with E-state index in [9.17, 15) is 9.90 Å². The normalized spacial score (nSPS) is 11.2. The molecule has 3 N–H and O–H groups in total. The first-order valence-corrected chi connectivity index (χ1v) is 6.66. The van der Waals surface area contributed by atoms with E-state index >= 15 is 0 Å². The van der Waals surface area contributed by atoms with E-state index in [1.165, 1.54) is 0 Å². The van der Waals surface area contributed by atoms with Crippen molar-refractivity contribution in [3.8, 4) is 11.3 Å². The summed E-state index contributed by atoms with van der Waals surface area (Å²) in [6.07, 6.45) is 0. The van der Waals surface area contributed by atoms with Gasteiger partial charge in [-0.1, -0.05) is 36.4 Å². The van der Waals surface area contributed by atoms with Crippen molar-refractivity contribution in [1.82, 2.24) is 9.97 Å². The lowest BCUT2D eigenvalue weighted by molar-refractivity contribution is 0.0692. The highest BCUT2D eigenvalue weighted by Gasteiger charge is 2.19. The van der Waals surface area contributed by atoms with Crippen molar-refractivity contribution in [3.63, 3.8) is 0 Å². The number of rotatable bonds is 2. The molecule has 2 aromatic carbocycles. The molecular weight excluding hydrogens is 264 g/mol. The summed E-state index contributed by atoms with van der Waals surface area (Å²) < 4.78 is 0. The third-order valence-electron chi connectivity index (χ3n) is 3.72. The Morgan fingerprint density at radius 1 is 0.905 bits per heavy atom. The summed E-state index contributed by atoms with van der Waals surface area (Å²) in [5.41, 5.74) is 3.54. The van der Waals surface area contributed by atoms with Crippen LogP contribution in [-0.2, 0) is 0 Å². The van der Waals surface area contributed by atoms with Gasteiger partial charge in [0.15, 0.2) is 0 Å². The first-order valence-electron chi connectivity index (χ1n) is 6.66. The Labute approximate surface area is 120 Å². The maximum Gasteiger partial charge on any atom is 0.353 e. The smallest absolute Gasteiger partial charge is 0.353 e. The molecule has 4 heteroatoms. The number of nitrogens with one attached hydrogen (secondary N) is 2. The van der Waals surface area contributed by atoms with E-state index in [0.717, 1.165) is 27.5 Å². The summed E-state index contributed by atoms with van der Waals surface area (Å²) in [7, 11) is 0. The van der Waals surface area contributed by atoms with Gasteiger partial charge in [0.1, 0.15) is 5.69 Å². The number of aromatic carboxylic acids is 1. The van der Waals surface area contributed by atoms with E-state index in [4.69, 9.17) is 0 Å². The molecule has 0 saturated heterocycles. The Hall–Kier alpha value is -3.01. The van der Waals surface area contributed by atoms with E-state index in [0.29, 0.717) is 5.56 Å². The van der Waals surface area contributed by atoms with Crippen LogP contribution < -0.4 is 0 Å². The zero-order chi connectivity index (χ0) is 14.4. The summed E-state index contributed by atoms with van der Waals surface area (Å²) in [6, 6.07) is 17.5. The van der Waals surface area contributed by atoms with Crippen LogP contribution in [-0.4, -0.2) is 21.0 Å². The lowest BCUT2D eigenvalue weighted by Gasteiger charge is -1.98. The van der Waals surface area contributed by atoms with Crippen molar-refractivity contribution in [2.24, 2.45) is 0 Å². The zero-order valence-corrected chi connectivity index (χ0v) is 11.1. The quantitative estimate of drug-likeness (QED) is 0.517. The lowest BCUT2D eigenvalue weighted by atomic mass is 10.1. The van der Waals surface area contributed by atoms with Crippen molar-refractivity contribution >= 4 is 27.8 Å². The first-order chi connectivity index (χ1) is 10.2. The lowest BCUT2D eigenvalue weighted by Crippen LogP contribution is -1.98. The van der Waals surface area contributed by atoms with Crippen LogP contribution in [0, 0.1) is 0 Å². The molecule has 0 bridgehead atoms. The topological polar surface area (TPSA) is 68.9 Å². The number of carboxylic acids is 1. The van der Waals surface area contributed by atoms with E-state index in [1.54, 1.807) is 0 Å². The highest BCUT2D eigenvalue weighted by atomic mass is 16.4. The molecular formula is C17H12N2O2. The number of H-pyrrole nitrogens is 2. The average molecular weight is 276 g/mol. The van der Waals surface area contributed by atoms with Crippen LogP contribution >= 0.6 is 0 Å². The monoisotopic (exact) mass is 276 g/mol. The van der Waals surface area contributed by atoms with Crippen molar-refractivity contribution < 1.29 is 9.90 Å². The molecule has 4 aromatic rings. The second-order valence-corrected chi connectivity index (χ2v) is 5.00. The van der Waals surface area contributed by atoms with Gasteiger partial charge in [-0.2, -0.15) is 0 Å². The molecule has 4 nitrogen and oxygen atoms in total. The van der Waals surface area contributed by atoms with Crippen LogP contribution in [0.5, 0.6) is 0 Å². The molecule has 0 saturated carbocycles. The number of aromatic nitrogens is 2. The summed E-state index contributed by atoms with van der Waals surface area (Å²) in [4.78, 5) is 17.8. The fourth-order valence-electron chi connectivity index (χ4n) is 2.79. The maximum absolute atomic E-state index is 11.5. The molecule has 0 unspecified atom stereocenters. The summed E-state index contributed by atoms with van der Waals surface area (Å²) in [5, 5.41) is 11.4. The number of para-hydroxylation sites is 2. The molecule has 0 aliphatic carbocycles. The third-order valence-corrected chi connectivity index (χ3v) is 3.72. The number of benzene rings is 2. The van der Waals surface area contributed by atoms with Gasteiger partial charge in [0.2, 0.25) is 0 Å². The Bertz CT molecular complexity index is 946. The predicted octanol–water partition coefficient (Wildman–Crippen LogP) is 4.01. The molecule has 2 heterocycles. The number of carboxylic acid groups (broad SMARTS) is 1. The van der Waals surface area contributed by atoms with Gasteiger partial charge in [-0.3, -0.25) is 0 Å². The van der Waals surface area contributed by atoms with Gasteiger partial charge in [0.05, 0.1) is 0 Å². The zero-order valence-electron chi connectivity index (χ0n) is 11.1. The summed E-state index contributed by atoms with van der Waals surface area (Å²) in [6.45, 7) is 0. The minimum atomic E-state index is -0.958. The number of hydrogen-bond acceptors (Lipinski definition) is 1. The molecule has 0 aliphatic rings. The number of carbonyl (C=O) groups is 1. The Balaban J connectivity index is 2.08. The van der Waals surface area contributed by atoms with Crippen molar-refractivity contribution in [2.45, 2.75) is 0 Å². The molecule has 0 spiro atoms. The molecule has 0 atom stereocenters. The Morgan fingerprint density at radius 2 is 1.62 bits per heavy atom. The number of aromatic amines is 2. The van der Waals surface area contributed by atoms with E-state index < -0.39 is 5.97 Å². The average Bonchev–Trinajstić information content (AvgIpc) is 3.07. The van der Waals surface area contributed by atoms with Gasteiger partial charge in [-0.15, -0.1) is 0 Å². The molecule has 4 rings (SSSR count). The van der Waals surface area contributed by atoms with Gasteiger partial charge in [-0.25, -0.2) is 4.79 Å². The van der Waals surface area contributed by atoms with E-state index in [-0.39, 0.29) is 5.69 Å². The maximum atomic E-state index is 11.5. The predicted molar refractivity (Wildman–Crippen MR) is 82.6 cm³/mol. The second kappa shape index (κ2) is 4.24. The molecule has 0 aliphatic heterocycles. The van der Waals surface area contributed by atoms with Crippen LogP contribution in [0.2, 0.25) is 0 Å². The van der Waals surface area contributed by atoms with Crippen LogP contribution in [0.1, 0.15) is 10.5 Å². The molecule has 102 valence electrons. The second-order valence-electron chi connectivity index (χ2n) is 5.00. The fraction of sp³-hybridized carbons (Fsp3) is 0. The van der Waals surface area contributed by atoms with E-state index in [2.05, 4.69) is 9.97 Å². The standard InChI is InChI=1S/C17H12N2O2/c20-17(21)16-15(11-6-2-4-8-13(11)19-16)14-9-10-5-1-3-7-12(10)18-14/h1-9,18-19H,(H,20,21). The van der Waals surface area contributed by atoms with Crippen LogP contribution in [0.4, 0.5) is 0 Å². The van der Waals surface area contributed by atoms with Crippen molar-refractivity contribution in [2.75, 3.05) is 0 Å². The Kier molecular flexibility index (Phi) is 2.38. The van der Waals surface area contributed by atoms with Gasteiger partial charge >= 0.3 is 5.97 Å². The fourth-order valence-corrected chi connectivity index (χ4v) is 2.79. The minimum Gasteiger partial charge on any atom is -0.477 e. The van der Waals surface area contributed by atoms with Crippen LogP contribution in [0.3, 0.4) is 0 Å². The van der Waals surface area contributed by atoms with E-state index in [1.807, 2.05) is 54.6 Å². The van der Waals surface area contributed by atoms with Gasteiger partial charge in [0, 0.05) is 33.1 Å². The van der Waals surface area contributed by atoms with Crippen LogP contribution in [0.25, 0.3) is 33.1 Å². The summed E-state index contributed by atoms with van der Waals surface area (Å²) >= 11 is 0. The third kappa shape index (κ3) is 1.73. The molecule has 2 aromatic heterocycles. The largest absolute Gasteiger partial charge is 0.477 e. The van der Waals surface area contributed by atoms with Crippen molar-refractivity contribution in [3.05, 3.63) is 60.3 Å². The Morgan fingerprint density at radius 3 is 2.38 bits per heavy atom. The molecule has 0 amide bonds. The molecule has 0 radical (unpaired) electrons. The van der Waals surface area contributed by atoms with Gasteiger partial charge in [0.25, 0.3) is 0 Å². The number of fused-ring (bicyclic) bond motifs is 2. The SMILES string of the molecule is O=C(O)c1[nH]c2ccccc2c1-c1cc2ccccc2[nH]1. The first kappa shape index (κ1) is 11.8. The van der Waals surface area contributed by atoms with Gasteiger partial charge in [-0.05, 0) is 18.2 Å². The van der Waals surface area contributed by atoms with Crippen LogP contribution in [0.15, 0.2) is 54.6 Å². The van der Waals surface area contributed by atoms with Gasteiger partial charge < -0.3 is 15.1 Å². The summed E-state index contributed by atoms with van der Waals surface area (Å²) in [5.74, 6) is -0.958. The molecule has 21 heavy (non-hydrogen) atoms.